The molecule has 0 unspecified atom stereocenters. The molecule has 0 fully saturated rings. The molecule has 0 amide bonds. The Labute approximate surface area is 407 Å². The molecule has 10 aromatic rings. The molecule has 3 aliphatic rings. The topological polar surface area (TPSA) is 0 Å². The van der Waals surface area contributed by atoms with Gasteiger partial charge in [-0.05, 0) is 170 Å². The van der Waals surface area contributed by atoms with Gasteiger partial charge in [-0.3, -0.25) is 0 Å². The zero-order valence-electron chi connectivity index (χ0n) is 40.5. The Balaban J connectivity index is 0.953. The number of rotatable bonds is 7. The summed E-state index contributed by atoms with van der Waals surface area (Å²) in [4.78, 5) is 0. The smallest absolute Gasteiger partial charge is 0.0159 e. The molecule has 0 aromatic heterocycles. The zero-order chi connectivity index (χ0) is 46.8. The summed E-state index contributed by atoms with van der Waals surface area (Å²) in [6.07, 6.45) is 3.37. The Morgan fingerprint density at radius 1 is 0.362 bits per heavy atom. The van der Waals surface area contributed by atoms with E-state index >= 15 is 0 Å². The van der Waals surface area contributed by atoms with Gasteiger partial charge in [-0.25, -0.2) is 0 Å². The van der Waals surface area contributed by atoms with E-state index in [0.29, 0.717) is 0 Å². The van der Waals surface area contributed by atoms with Crippen molar-refractivity contribution in [3.8, 4) is 33.4 Å². The summed E-state index contributed by atoms with van der Waals surface area (Å²) < 4.78 is 0. The molecule has 0 radical (unpaired) electrons. The third-order valence-electron chi connectivity index (χ3n) is 16.7. The van der Waals surface area contributed by atoms with E-state index < -0.39 is 0 Å². The molecule has 13 rings (SSSR count). The second-order valence-electron chi connectivity index (χ2n) is 21.6. The van der Waals surface area contributed by atoms with Crippen LogP contribution in [-0.2, 0) is 22.7 Å². The predicted molar refractivity (Wildman–Crippen MR) is 292 cm³/mol. The summed E-state index contributed by atoms with van der Waals surface area (Å²) in [7, 11) is 0. The average Bonchev–Trinajstić information content (AvgIpc) is 3.85. The minimum Gasteiger partial charge on any atom is -0.0622 e. The molecular weight excluding hydrogens is 829 g/mol. The van der Waals surface area contributed by atoms with Gasteiger partial charge in [0.15, 0.2) is 0 Å². The molecule has 0 saturated carbocycles. The summed E-state index contributed by atoms with van der Waals surface area (Å²) >= 11 is 0. The van der Waals surface area contributed by atoms with E-state index in [9.17, 15) is 0 Å². The summed E-state index contributed by atoms with van der Waals surface area (Å²) in [6.45, 7) is 14.8. The SMILES string of the molecule is CC1(C)c2cc3c(cc2-c2cc4c(cc21)-c1c(cc(CC(c2ccccc2)c2ccccc2)c2ccccc12)C4(C)C)C(C)(C)c1cc(C=C(c2ccccc2)c2ccccc2)c2ccccc2c1-3. The van der Waals surface area contributed by atoms with Crippen molar-refractivity contribution in [1.29, 1.82) is 0 Å². The van der Waals surface area contributed by atoms with Crippen molar-refractivity contribution in [3.05, 3.63) is 273 Å². The van der Waals surface area contributed by atoms with Crippen molar-refractivity contribution >= 4 is 33.2 Å². The van der Waals surface area contributed by atoms with E-state index in [4.69, 9.17) is 0 Å². The summed E-state index contributed by atoms with van der Waals surface area (Å²) in [5, 5.41) is 5.34. The Kier molecular flexibility index (Phi) is 9.19. The van der Waals surface area contributed by atoms with E-state index in [1.807, 2.05) is 0 Å². The molecule has 0 atom stereocenters. The van der Waals surface area contributed by atoms with Crippen LogP contribution in [0.25, 0.3) is 66.6 Å². The average molecular weight is 885 g/mol. The van der Waals surface area contributed by atoms with Gasteiger partial charge in [0.1, 0.15) is 0 Å². The maximum Gasteiger partial charge on any atom is 0.0159 e. The number of hydrogen-bond acceptors (Lipinski definition) is 0. The van der Waals surface area contributed by atoms with Gasteiger partial charge in [0.25, 0.3) is 0 Å². The van der Waals surface area contributed by atoms with E-state index in [1.165, 1.54) is 127 Å². The van der Waals surface area contributed by atoms with Gasteiger partial charge in [0, 0.05) is 22.2 Å². The number of hydrogen-bond donors (Lipinski definition) is 0. The number of benzene rings is 10. The highest BCUT2D eigenvalue weighted by Crippen LogP contribution is 2.61. The Bertz CT molecular complexity index is 3650. The van der Waals surface area contributed by atoms with Gasteiger partial charge >= 0.3 is 0 Å². The van der Waals surface area contributed by atoms with Gasteiger partial charge in [-0.2, -0.15) is 0 Å². The summed E-state index contributed by atoms with van der Waals surface area (Å²) in [5.41, 5.74) is 25.4. The predicted octanol–water partition coefficient (Wildman–Crippen LogP) is 17.9. The van der Waals surface area contributed by atoms with Crippen molar-refractivity contribution < 1.29 is 0 Å². The van der Waals surface area contributed by atoms with Crippen molar-refractivity contribution in [2.24, 2.45) is 0 Å². The van der Waals surface area contributed by atoms with Crippen molar-refractivity contribution in [2.45, 2.75) is 70.1 Å². The quantitative estimate of drug-likeness (QED) is 0.140. The van der Waals surface area contributed by atoms with E-state index in [-0.39, 0.29) is 22.2 Å². The monoisotopic (exact) mass is 884 g/mol. The molecule has 0 bridgehead atoms. The molecule has 69 heavy (non-hydrogen) atoms. The van der Waals surface area contributed by atoms with E-state index in [2.05, 4.69) is 254 Å². The number of fused-ring (bicyclic) bond motifs is 13. The van der Waals surface area contributed by atoms with Crippen LogP contribution >= 0.6 is 0 Å². The molecule has 0 saturated heterocycles. The van der Waals surface area contributed by atoms with Crippen LogP contribution in [0.1, 0.15) is 114 Å². The highest BCUT2D eigenvalue weighted by Gasteiger charge is 2.45. The van der Waals surface area contributed by atoms with Crippen LogP contribution in [0.5, 0.6) is 0 Å². The molecule has 3 aliphatic carbocycles. The van der Waals surface area contributed by atoms with Gasteiger partial charge in [0.2, 0.25) is 0 Å². The fourth-order valence-electron chi connectivity index (χ4n) is 13.0. The van der Waals surface area contributed by atoms with Crippen molar-refractivity contribution in [2.75, 3.05) is 0 Å². The molecule has 10 aromatic carbocycles. The lowest BCUT2D eigenvalue weighted by atomic mass is 9.78. The third-order valence-corrected chi connectivity index (χ3v) is 16.7. The van der Waals surface area contributed by atoms with Crippen LogP contribution in [0.4, 0.5) is 0 Å². The van der Waals surface area contributed by atoms with Crippen LogP contribution < -0.4 is 0 Å². The highest BCUT2D eigenvalue weighted by molar-refractivity contribution is 6.10. The van der Waals surface area contributed by atoms with Crippen molar-refractivity contribution in [1.82, 2.24) is 0 Å². The van der Waals surface area contributed by atoms with E-state index in [0.717, 1.165) is 6.42 Å². The van der Waals surface area contributed by atoms with Crippen LogP contribution in [0.2, 0.25) is 0 Å². The van der Waals surface area contributed by atoms with Crippen LogP contribution in [0, 0.1) is 0 Å². The molecule has 0 spiro atoms. The van der Waals surface area contributed by atoms with Crippen molar-refractivity contribution in [3.63, 3.8) is 0 Å². The second-order valence-corrected chi connectivity index (χ2v) is 21.6. The Hall–Kier alpha value is -7.54. The normalized spacial score (nSPS) is 15.1. The molecule has 0 heteroatoms. The van der Waals surface area contributed by atoms with Gasteiger partial charge in [-0.1, -0.05) is 217 Å². The lowest BCUT2D eigenvalue weighted by molar-refractivity contribution is 0.649. The Morgan fingerprint density at radius 2 is 0.725 bits per heavy atom. The maximum atomic E-state index is 2.61. The molecule has 0 nitrogen and oxygen atoms in total. The van der Waals surface area contributed by atoms with Gasteiger partial charge < -0.3 is 0 Å². The molecule has 0 heterocycles. The summed E-state index contributed by atoms with van der Waals surface area (Å²) in [5.74, 6) is 0.251. The van der Waals surface area contributed by atoms with Gasteiger partial charge in [0.05, 0.1) is 0 Å². The fraction of sp³-hybridized carbons (Fsp3) is 0.159. The first-order valence-electron chi connectivity index (χ1n) is 24.9. The first-order chi connectivity index (χ1) is 33.5. The minimum absolute atomic E-state index is 0.187. The summed E-state index contributed by atoms with van der Waals surface area (Å²) in [6, 6.07) is 77.8. The standard InChI is InChI=1S/C69H56/c1-67(2)59-41-57-61(68(3,4)63-37-47(49-31-19-21-33-51(49)65(57)63)35-53(43-23-11-7-12-24-43)44-25-13-8-14-26-44)39-55(59)56-40-62-58(42-60(56)67)66-52-34-22-20-32-50(52)48(38-64(66)69(62,5)6)36-54(45-27-15-9-16-28-45)46-29-17-10-18-30-46/h7-35,37-42,54H,36H2,1-6H3. The first kappa shape index (κ1) is 41.6. The molecule has 332 valence electrons. The van der Waals surface area contributed by atoms with Gasteiger partial charge in [-0.15, -0.1) is 0 Å². The lowest BCUT2D eigenvalue weighted by Crippen LogP contribution is -2.17. The second kappa shape index (κ2) is 15.2. The molecule has 0 N–H and O–H groups in total. The highest BCUT2D eigenvalue weighted by atomic mass is 14.5. The fourth-order valence-corrected chi connectivity index (χ4v) is 13.0. The maximum absolute atomic E-state index is 2.61. The minimum atomic E-state index is -0.211. The third kappa shape index (κ3) is 6.21. The van der Waals surface area contributed by atoms with Crippen LogP contribution in [0.3, 0.4) is 0 Å². The van der Waals surface area contributed by atoms with Crippen LogP contribution in [-0.4, -0.2) is 0 Å². The largest absolute Gasteiger partial charge is 0.0622 e. The van der Waals surface area contributed by atoms with Crippen LogP contribution in [0.15, 0.2) is 206 Å². The first-order valence-corrected chi connectivity index (χ1v) is 24.9. The Morgan fingerprint density at radius 3 is 1.22 bits per heavy atom. The molecule has 0 aliphatic heterocycles. The zero-order valence-corrected chi connectivity index (χ0v) is 40.5. The lowest BCUT2D eigenvalue weighted by Gasteiger charge is -2.25. The molecular formula is C69H56. The van der Waals surface area contributed by atoms with E-state index in [1.54, 1.807) is 0 Å².